The Morgan fingerprint density at radius 2 is 1.86 bits per heavy atom. The first-order valence-corrected chi connectivity index (χ1v) is 6.08. The van der Waals surface area contributed by atoms with Crippen LogP contribution in [0.4, 0.5) is 0 Å². The van der Waals surface area contributed by atoms with Gasteiger partial charge < -0.3 is 5.73 Å². The third-order valence-electron chi connectivity index (χ3n) is 3.22. The lowest BCUT2D eigenvalue weighted by Gasteiger charge is -2.26. The van der Waals surface area contributed by atoms with Crippen molar-refractivity contribution in [3.8, 4) is 0 Å². The molecule has 1 rings (SSSR count). The van der Waals surface area contributed by atoms with Crippen LogP contribution < -0.4 is 5.73 Å². The molecule has 0 saturated heterocycles. The van der Waals surface area contributed by atoms with Crippen LogP contribution >= 0.6 is 0 Å². The van der Waals surface area contributed by atoms with Gasteiger partial charge in [0.15, 0.2) is 0 Å². The molecular weight excluding hydrogens is 172 g/mol. The molecule has 1 fully saturated rings. The maximum atomic E-state index is 5.75. The van der Waals surface area contributed by atoms with Crippen LogP contribution in [0.2, 0.25) is 0 Å². The molecule has 14 heavy (non-hydrogen) atoms. The first-order valence-electron chi connectivity index (χ1n) is 6.08. The molecule has 82 valence electrons. The molecular formula is C12H24N2. The fourth-order valence-corrected chi connectivity index (χ4v) is 2.30. The summed E-state index contributed by atoms with van der Waals surface area (Å²) in [7, 11) is 0. The highest BCUT2D eigenvalue weighted by atomic mass is 14.9. The number of hydrogen-bond donors (Lipinski definition) is 1. The van der Waals surface area contributed by atoms with E-state index >= 15 is 0 Å². The van der Waals surface area contributed by atoms with E-state index in [2.05, 4.69) is 18.8 Å². The number of rotatable bonds is 4. The fraction of sp³-hybridized carbons (Fsp3) is 0.917. The van der Waals surface area contributed by atoms with Gasteiger partial charge in [-0.2, -0.15) is 0 Å². The number of hydrogen-bond acceptors (Lipinski definition) is 1. The van der Waals surface area contributed by atoms with Gasteiger partial charge in [0.1, 0.15) is 0 Å². The number of amidine groups is 1. The van der Waals surface area contributed by atoms with Gasteiger partial charge in [-0.25, -0.2) is 0 Å². The number of nitrogens with zero attached hydrogens (tertiary/aromatic N) is 1. The van der Waals surface area contributed by atoms with Crippen molar-refractivity contribution in [2.24, 2.45) is 16.6 Å². The highest BCUT2D eigenvalue weighted by molar-refractivity contribution is 5.80. The number of aliphatic imine (C=N–C) groups is 1. The second kappa shape index (κ2) is 6.05. The highest BCUT2D eigenvalue weighted by Gasteiger charge is 2.19. The van der Waals surface area contributed by atoms with Crippen molar-refractivity contribution in [3.63, 3.8) is 0 Å². The predicted octanol–water partition coefficient (Wildman–Crippen LogP) is 3.11. The number of nitrogens with two attached hydrogens (primary N) is 1. The maximum absolute atomic E-state index is 5.75. The largest absolute Gasteiger partial charge is 0.387 e. The second-order valence-electron chi connectivity index (χ2n) is 4.44. The van der Waals surface area contributed by atoms with Gasteiger partial charge in [-0.15, -0.1) is 0 Å². The summed E-state index contributed by atoms with van der Waals surface area (Å²) in [5.41, 5.74) is 5.75. The normalized spacial score (nSPS) is 29.1. The van der Waals surface area contributed by atoms with Gasteiger partial charge in [0, 0.05) is 6.42 Å². The molecule has 0 aromatic carbocycles. The van der Waals surface area contributed by atoms with E-state index in [0.717, 1.165) is 18.2 Å². The Balaban J connectivity index is 2.28. The van der Waals surface area contributed by atoms with Crippen LogP contribution in [-0.2, 0) is 0 Å². The maximum Gasteiger partial charge on any atom is 0.0937 e. The minimum atomic E-state index is 0.531. The van der Waals surface area contributed by atoms with Crippen molar-refractivity contribution < 1.29 is 0 Å². The lowest BCUT2D eigenvalue weighted by Crippen LogP contribution is -2.21. The van der Waals surface area contributed by atoms with E-state index in [-0.39, 0.29) is 0 Å². The van der Waals surface area contributed by atoms with E-state index in [4.69, 9.17) is 5.73 Å². The summed E-state index contributed by atoms with van der Waals surface area (Å²) >= 11 is 0. The Labute approximate surface area is 88.0 Å². The minimum Gasteiger partial charge on any atom is -0.387 e. The summed E-state index contributed by atoms with van der Waals surface area (Å²) < 4.78 is 0. The zero-order valence-electron chi connectivity index (χ0n) is 9.63. The summed E-state index contributed by atoms with van der Waals surface area (Å²) in [5, 5.41) is 0. The van der Waals surface area contributed by atoms with Gasteiger partial charge in [-0.05, 0) is 31.6 Å². The third-order valence-corrected chi connectivity index (χ3v) is 3.22. The van der Waals surface area contributed by atoms with E-state index in [0.29, 0.717) is 6.04 Å². The topological polar surface area (TPSA) is 38.4 Å². The van der Waals surface area contributed by atoms with Crippen molar-refractivity contribution in [1.82, 2.24) is 0 Å². The summed E-state index contributed by atoms with van der Waals surface area (Å²) in [6, 6.07) is 0.531. The monoisotopic (exact) mass is 196 g/mol. The van der Waals surface area contributed by atoms with Crippen LogP contribution in [0, 0.1) is 5.92 Å². The zero-order valence-corrected chi connectivity index (χ0v) is 9.63. The van der Waals surface area contributed by atoms with Crippen molar-refractivity contribution in [2.75, 3.05) is 0 Å². The Hall–Kier alpha value is -0.530. The third kappa shape index (κ3) is 3.69. The van der Waals surface area contributed by atoms with Crippen LogP contribution in [-0.4, -0.2) is 11.9 Å². The molecule has 2 nitrogen and oxygen atoms in total. The molecule has 0 aromatic heterocycles. The molecule has 0 spiro atoms. The Morgan fingerprint density at radius 3 is 2.36 bits per heavy atom. The molecule has 0 aliphatic heterocycles. The van der Waals surface area contributed by atoms with Crippen molar-refractivity contribution in [3.05, 3.63) is 0 Å². The molecule has 1 aliphatic rings. The molecule has 2 N–H and O–H groups in total. The first kappa shape index (κ1) is 11.5. The molecule has 2 heteroatoms. The van der Waals surface area contributed by atoms with E-state index in [9.17, 15) is 0 Å². The SMILES string of the molecule is CCCC1CCC(N=C(N)CC)CC1. The summed E-state index contributed by atoms with van der Waals surface area (Å²) in [6.07, 6.45) is 8.86. The van der Waals surface area contributed by atoms with E-state index in [1.807, 2.05) is 0 Å². The van der Waals surface area contributed by atoms with Gasteiger partial charge in [-0.3, -0.25) is 4.99 Å². The average Bonchev–Trinajstić information content (AvgIpc) is 2.21. The Morgan fingerprint density at radius 1 is 1.21 bits per heavy atom. The molecule has 0 radical (unpaired) electrons. The van der Waals surface area contributed by atoms with Crippen LogP contribution in [0.25, 0.3) is 0 Å². The molecule has 1 aliphatic carbocycles. The molecule has 1 saturated carbocycles. The van der Waals surface area contributed by atoms with Crippen LogP contribution in [0.5, 0.6) is 0 Å². The quantitative estimate of drug-likeness (QED) is 0.544. The van der Waals surface area contributed by atoms with Gasteiger partial charge in [0.25, 0.3) is 0 Å². The molecule has 0 heterocycles. The highest BCUT2D eigenvalue weighted by Crippen LogP contribution is 2.29. The smallest absolute Gasteiger partial charge is 0.0937 e. The molecule has 0 atom stereocenters. The molecule has 0 aromatic rings. The van der Waals surface area contributed by atoms with Crippen LogP contribution in [0.3, 0.4) is 0 Å². The van der Waals surface area contributed by atoms with Crippen LogP contribution in [0.15, 0.2) is 4.99 Å². The molecule has 0 unspecified atom stereocenters. The predicted molar refractivity (Wildman–Crippen MR) is 62.6 cm³/mol. The average molecular weight is 196 g/mol. The first-order chi connectivity index (χ1) is 6.76. The summed E-state index contributed by atoms with van der Waals surface area (Å²) in [5.74, 6) is 1.80. The van der Waals surface area contributed by atoms with Crippen LogP contribution in [0.1, 0.15) is 58.8 Å². The van der Waals surface area contributed by atoms with Gasteiger partial charge in [0.05, 0.1) is 11.9 Å². The van der Waals surface area contributed by atoms with Gasteiger partial charge in [-0.1, -0.05) is 26.7 Å². The van der Waals surface area contributed by atoms with Gasteiger partial charge in [0.2, 0.25) is 0 Å². The minimum absolute atomic E-state index is 0.531. The fourth-order valence-electron chi connectivity index (χ4n) is 2.30. The molecule has 0 bridgehead atoms. The zero-order chi connectivity index (χ0) is 10.4. The lowest BCUT2D eigenvalue weighted by atomic mass is 9.84. The molecule has 0 amide bonds. The Bertz CT molecular complexity index is 179. The summed E-state index contributed by atoms with van der Waals surface area (Å²) in [4.78, 5) is 4.54. The van der Waals surface area contributed by atoms with Gasteiger partial charge >= 0.3 is 0 Å². The van der Waals surface area contributed by atoms with E-state index in [1.165, 1.54) is 38.5 Å². The van der Waals surface area contributed by atoms with E-state index < -0.39 is 0 Å². The second-order valence-corrected chi connectivity index (χ2v) is 4.44. The van der Waals surface area contributed by atoms with Crippen molar-refractivity contribution in [2.45, 2.75) is 64.8 Å². The van der Waals surface area contributed by atoms with E-state index in [1.54, 1.807) is 0 Å². The van der Waals surface area contributed by atoms with Crippen molar-refractivity contribution >= 4 is 5.84 Å². The Kier molecular flexibility index (Phi) is 4.99. The van der Waals surface area contributed by atoms with Crippen molar-refractivity contribution in [1.29, 1.82) is 0 Å². The standard InChI is InChI=1S/C12H24N2/c1-3-5-10-6-8-11(9-7-10)14-12(13)4-2/h10-11H,3-9H2,1-2H3,(H2,13,14). The summed E-state index contributed by atoms with van der Waals surface area (Å²) in [6.45, 7) is 4.35. The lowest BCUT2D eigenvalue weighted by molar-refractivity contribution is 0.309.